The Labute approximate surface area is 119 Å². The Bertz CT molecular complexity index is 656. The van der Waals surface area contributed by atoms with Gasteiger partial charge < -0.3 is 14.0 Å². The molecular formula is C16H21NO3. The van der Waals surface area contributed by atoms with E-state index in [2.05, 4.69) is 31.4 Å². The second kappa shape index (κ2) is 5.57. The fraction of sp³-hybridized carbons (Fsp3) is 0.438. The lowest BCUT2D eigenvalue weighted by Gasteiger charge is -2.12. The molecule has 0 amide bonds. The molecule has 0 aliphatic heterocycles. The highest BCUT2D eigenvalue weighted by atomic mass is 16.5. The number of fused-ring (bicyclic) bond motifs is 1. The topological polar surface area (TPSA) is 40.5 Å². The normalized spacial score (nSPS) is 10.8. The van der Waals surface area contributed by atoms with Crippen LogP contribution >= 0.6 is 0 Å². The number of hydrogen-bond donors (Lipinski definition) is 0. The molecule has 2 aromatic rings. The van der Waals surface area contributed by atoms with E-state index in [1.165, 1.54) is 18.1 Å². The van der Waals surface area contributed by atoms with Crippen LogP contribution in [0.15, 0.2) is 12.1 Å². The van der Waals surface area contributed by atoms with Crippen LogP contribution in [0.3, 0.4) is 0 Å². The second-order valence-electron chi connectivity index (χ2n) is 5.03. The van der Waals surface area contributed by atoms with Crippen LogP contribution in [0.2, 0.25) is 0 Å². The first kappa shape index (κ1) is 14.4. The van der Waals surface area contributed by atoms with E-state index >= 15 is 0 Å². The first-order chi connectivity index (χ1) is 9.49. The van der Waals surface area contributed by atoms with Gasteiger partial charge in [-0.15, -0.1) is 0 Å². The lowest BCUT2D eigenvalue weighted by atomic mass is 10.0. The second-order valence-corrected chi connectivity index (χ2v) is 5.03. The minimum atomic E-state index is -0.193. The first-order valence-corrected chi connectivity index (χ1v) is 6.70. The van der Waals surface area contributed by atoms with Crippen molar-refractivity contribution < 1.29 is 14.3 Å². The molecule has 1 heterocycles. The van der Waals surface area contributed by atoms with Gasteiger partial charge in [-0.2, -0.15) is 0 Å². The lowest BCUT2D eigenvalue weighted by molar-refractivity contribution is -0.140. The third-order valence-corrected chi connectivity index (χ3v) is 3.94. The number of methoxy groups -OCH3 is 2. The molecule has 108 valence electrons. The van der Waals surface area contributed by atoms with Gasteiger partial charge in [-0.05, 0) is 38.0 Å². The average molecular weight is 275 g/mol. The van der Waals surface area contributed by atoms with E-state index in [1.807, 2.05) is 6.07 Å². The van der Waals surface area contributed by atoms with Crippen LogP contribution in [0.1, 0.15) is 23.2 Å². The zero-order chi connectivity index (χ0) is 14.9. The molecule has 4 nitrogen and oxygen atoms in total. The SMILES string of the molecule is COC(=O)CCn1c(C)cc2c(C)c(C)c(OC)cc21. The number of nitrogens with zero attached hydrogens (tertiary/aromatic N) is 1. The van der Waals surface area contributed by atoms with Gasteiger partial charge in [-0.1, -0.05) is 0 Å². The number of aromatic nitrogens is 1. The zero-order valence-electron chi connectivity index (χ0n) is 12.7. The van der Waals surface area contributed by atoms with Gasteiger partial charge >= 0.3 is 5.97 Å². The summed E-state index contributed by atoms with van der Waals surface area (Å²) in [5.41, 5.74) is 4.62. The molecule has 0 saturated carbocycles. The minimum Gasteiger partial charge on any atom is -0.496 e. The molecule has 0 fully saturated rings. The van der Waals surface area contributed by atoms with Gasteiger partial charge in [0.25, 0.3) is 0 Å². The van der Waals surface area contributed by atoms with E-state index in [4.69, 9.17) is 9.47 Å². The van der Waals surface area contributed by atoms with E-state index in [9.17, 15) is 4.79 Å². The smallest absolute Gasteiger partial charge is 0.307 e. The summed E-state index contributed by atoms with van der Waals surface area (Å²) in [6.45, 7) is 6.84. The Hall–Kier alpha value is -1.97. The molecule has 0 radical (unpaired) electrons. The molecule has 0 unspecified atom stereocenters. The van der Waals surface area contributed by atoms with E-state index in [0.29, 0.717) is 13.0 Å². The fourth-order valence-corrected chi connectivity index (χ4v) is 2.59. The number of esters is 1. The van der Waals surface area contributed by atoms with Gasteiger partial charge in [0.15, 0.2) is 0 Å². The van der Waals surface area contributed by atoms with Crippen molar-refractivity contribution in [1.82, 2.24) is 4.57 Å². The Morgan fingerprint density at radius 3 is 2.45 bits per heavy atom. The van der Waals surface area contributed by atoms with Crippen LogP contribution in [0.25, 0.3) is 10.9 Å². The number of benzene rings is 1. The fourth-order valence-electron chi connectivity index (χ4n) is 2.59. The van der Waals surface area contributed by atoms with Crippen molar-refractivity contribution in [2.75, 3.05) is 14.2 Å². The Morgan fingerprint density at radius 2 is 1.85 bits per heavy atom. The highest BCUT2D eigenvalue weighted by Crippen LogP contribution is 2.32. The van der Waals surface area contributed by atoms with Gasteiger partial charge in [-0.25, -0.2) is 0 Å². The molecule has 0 aliphatic carbocycles. The van der Waals surface area contributed by atoms with E-state index in [-0.39, 0.29) is 5.97 Å². The van der Waals surface area contributed by atoms with E-state index in [0.717, 1.165) is 22.5 Å². The monoisotopic (exact) mass is 275 g/mol. The molecule has 0 atom stereocenters. The summed E-state index contributed by atoms with van der Waals surface area (Å²) < 4.78 is 12.3. The molecular weight excluding hydrogens is 254 g/mol. The van der Waals surface area contributed by atoms with Crippen LogP contribution < -0.4 is 4.74 Å². The third kappa shape index (κ3) is 2.38. The molecule has 1 aromatic carbocycles. The molecule has 4 heteroatoms. The van der Waals surface area contributed by atoms with Crippen molar-refractivity contribution in [2.45, 2.75) is 33.7 Å². The maximum Gasteiger partial charge on any atom is 0.307 e. The standard InChI is InChI=1S/C16H21NO3/c1-10-8-13-11(2)12(3)15(19-4)9-14(13)17(10)7-6-16(18)20-5/h8-9H,6-7H2,1-5H3. The van der Waals surface area contributed by atoms with Crippen LogP contribution in [0, 0.1) is 20.8 Å². The molecule has 0 N–H and O–H groups in total. The quantitative estimate of drug-likeness (QED) is 0.805. The Morgan fingerprint density at radius 1 is 1.15 bits per heavy atom. The van der Waals surface area contributed by atoms with Crippen molar-refractivity contribution >= 4 is 16.9 Å². The number of rotatable bonds is 4. The average Bonchev–Trinajstić information content (AvgIpc) is 2.76. The predicted octanol–water partition coefficient (Wildman–Crippen LogP) is 3.14. The lowest BCUT2D eigenvalue weighted by Crippen LogP contribution is -2.08. The largest absolute Gasteiger partial charge is 0.496 e. The maximum absolute atomic E-state index is 11.3. The minimum absolute atomic E-state index is 0.193. The third-order valence-electron chi connectivity index (χ3n) is 3.94. The van der Waals surface area contributed by atoms with E-state index in [1.54, 1.807) is 7.11 Å². The molecule has 0 bridgehead atoms. The van der Waals surface area contributed by atoms with Crippen molar-refractivity contribution in [1.29, 1.82) is 0 Å². The van der Waals surface area contributed by atoms with E-state index < -0.39 is 0 Å². The van der Waals surface area contributed by atoms with Gasteiger partial charge in [0.1, 0.15) is 5.75 Å². The van der Waals surface area contributed by atoms with Crippen LogP contribution in [0.5, 0.6) is 5.75 Å². The van der Waals surface area contributed by atoms with Crippen molar-refractivity contribution in [3.05, 3.63) is 29.0 Å². The highest BCUT2D eigenvalue weighted by molar-refractivity contribution is 5.87. The number of carbonyl (C=O) groups is 1. The maximum atomic E-state index is 11.3. The number of ether oxygens (including phenoxy) is 2. The predicted molar refractivity (Wildman–Crippen MR) is 79.3 cm³/mol. The Balaban J connectivity index is 2.52. The van der Waals surface area contributed by atoms with Crippen molar-refractivity contribution in [3.8, 4) is 5.75 Å². The number of carbonyl (C=O) groups excluding carboxylic acids is 1. The first-order valence-electron chi connectivity index (χ1n) is 6.70. The summed E-state index contributed by atoms with van der Waals surface area (Å²) in [6.07, 6.45) is 0.371. The molecule has 20 heavy (non-hydrogen) atoms. The summed E-state index contributed by atoms with van der Waals surface area (Å²) in [5.74, 6) is 0.689. The summed E-state index contributed by atoms with van der Waals surface area (Å²) in [7, 11) is 3.10. The van der Waals surface area contributed by atoms with Crippen LogP contribution in [0.4, 0.5) is 0 Å². The van der Waals surface area contributed by atoms with Gasteiger partial charge in [0.05, 0.1) is 26.2 Å². The molecule has 0 spiro atoms. The highest BCUT2D eigenvalue weighted by Gasteiger charge is 2.13. The van der Waals surface area contributed by atoms with Crippen LogP contribution in [-0.4, -0.2) is 24.8 Å². The van der Waals surface area contributed by atoms with Crippen LogP contribution in [-0.2, 0) is 16.1 Å². The molecule has 0 aliphatic rings. The van der Waals surface area contributed by atoms with Crippen molar-refractivity contribution in [3.63, 3.8) is 0 Å². The van der Waals surface area contributed by atoms with Gasteiger partial charge in [0.2, 0.25) is 0 Å². The summed E-state index contributed by atoms with van der Waals surface area (Å²) in [5, 5.41) is 1.21. The Kier molecular flexibility index (Phi) is 4.02. The summed E-state index contributed by atoms with van der Waals surface area (Å²) >= 11 is 0. The molecule has 2 rings (SSSR count). The number of aryl methyl sites for hydroxylation is 3. The zero-order valence-corrected chi connectivity index (χ0v) is 12.7. The van der Waals surface area contributed by atoms with Gasteiger partial charge in [0, 0.05) is 23.7 Å². The molecule has 1 aromatic heterocycles. The number of hydrogen-bond acceptors (Lipinski definition) is 3. The molecule has 0 saturated heterocycles. The van der Waals surface area contributed by atoms with Gasteiger partial charge in [-0.3, -0.25) is 4.79 Å². The summed E-state index contributed by atoms with van der Waals surface area (Å²) in [6, 6.07) is 4.20. The van der Waals surface area contributed by atoms with Crippen molar-refractivity contribution in [2.24, 2.45) is 0 Å². The summed E-state index contributed by atoms with van der Waals surface area (Å²) in [4.78, 5) is 11.3.